The average Bonchev–Trinajstić information content (AvgIpc) is 2.75. The Bertz CT molecular complexity index is 1190. The highest BCUT2D eigenvalue weighted by Gasteiger charge is 2.23. The number of para-hydroxylation sites is 1. The molecule has 3 aromatic carbocycles. The summed E-state index contributed by atoms with van der Waals surface area (Å²) in [5.74, 6) is -0.273. The number of aryl methyl sites for hydroxylation is 2. The van der Waals surface area contributed by atoms with E-state index in [0.717, 1.165) is 30.4 Å². The molecule has 0 fully saturated rings. The third kappa shape index (κ3) is 4.24. The molecule has 6 heteroatoms. The average molecular weight is 421 g/mol. The fourth-order valence-corrected chi connectivity index (χ4v) is 5.02. The van der Waals surface area contributed by atoms with E-state index in [9.17, 15) is 13.2 Å². The van der Waals surface area contributed by atoms with Gasteiger partial charge in [0.25, 0.3) is 15.9 Å². The van der Waals surface area contributed by atoms with Crippen molar-refractivity contribution in [2.45, 2.75) is 37.1 Å². The molecule has 5 nitrogen and oxygen atoms in total. The number of carbonyl (C=O) groups is 1. The van der Waals surface area contributed by atoms with Crippen molar-refractivity contribution in [2.75, 3.05) is 4.72 Å². The van der Waals surface area contributed by atoms with Crippen molar-refractivity contribution in [3.63, 3.8) is 0 Å². The Labute approximate surface area is 177 Å². The molecule has 0 heterocycles. The number of anilines is 1. The summed E-state index contributed by atoms with van der Waals surface area (Å²) in [6, 6.07) is 21.4. The van der Waals surface area contributed by atoms with E-state index in [1.807, 2.05) is 37.3 Å². The summed E-state index contributed by atoms with van der Waals surface area (Å²) in [5, 5.41) is 3.07. The second-order valence-corrected chi connectivity index (χ2v) is 9.25. The number of hydrogen-bond acceptors (Lipinski definition) is 3. The number of amides is 1. The Kier molecular flexibility index (Phi) is 5.59. The van der Waals surface area contributed by atoms with E-state index >= 15 is 0 Å². The molecule has 30 heavy (non-hydrogen) atoms. The van der Waals surface area contributed by atoms with Crippen LogP contribution in [0.2, 0.25) is 0 Å². The highest BCUT2D eigenvalue weighted by atomic mass is 32.2. The molecule has 1 atom stereocenters. The first-order valence-electron chi connectivity index (χ1n) is 10.0. The topological polar surface area (TPSA) is 75.3 Å². The van der Waals surface area contributed by atoms with Gasteiger partial charge in [-0.3, -0.25) is 9.52 Å². The highest BCUT2D eigenvalue weighted by Crippen LogP contribution is 2.30. The number of nitrogens with one attached hydrogen (secondary N) is 2. The van der Waals surface area contributed by atoms with Crippen LogP contribution >= 0.6 is 0 Å². The minimum atomic E-state index is -3.80. The maximum Gasteiger partial charge on any atom is 0.261 e. The van der Waals surface area contributed by atoms with Gasteiger partial charge in [0, 0.05) is 5.56 Å². The molecule has 0 saturated heterocycles. The lowest BCUT2D eigenvalue weighted by atomic mass is 9.87. The molecule has 0 aliphatic heterocycles. The maximum atomic E-state index is 12.9. The summed E-state index contributed by atoms with van der Waals surface area (Å²) in [7, 11) is -3.80. The van der Waals surface area contributed by atoms with Crippen LogP contribution in [0.1, 0.15) is 45.9 Å². The largest absolute Gasteiger partial charge is 0.345 e. The molecule has 0 spiro atoms. The third-order valence-corrected chi connectivity index (χ3v) is 6.83. The standard InChI is InChI=1S/C24H24N2O3S/c1-17-8-2-5-14-22(17)26-30(28,29)20-12-6-11-19(16-20)24(27)25-23-15-7-10-18-9-3-4-13-21(18)23/h2-6,8-9,11-14,16,23,26H,7,10,15H2,1H3,(H,25,27)/t23-/m0/s1. The molecular weight excluding hydrogens is 396 g/mol. The summed E-state index contributed by atoms with van der Waals surface area (Å²) >= 11 is 0. The van der Waals surface area contributed by atoms with Crippen LogP contribution in [0.4, 0.5) is 5.69 Å². The van der Waals surface area contributed by atoms with Gasteiger partial charge in [-0.05, 0) is 67.1 Å². The summed E-state index contributed by atoms with van der Waals surface area (Å²) in [6.45, 7) is 1.84. The zero-order chi connectivity index (χ0) is 21.1. The molecule has 0 aromatic heterocycles. The molecule has 0 saturated carbocycles. The van der Waals surface area contributed by atoms with Crippen LogP contribution < -0.4 is 10.0 Å². The lowest BCUT2D eigenvalue weighted by Gasteiger charge is -2.26. The summed E-state index contributed by atoms with van der Waals surface area (Å²) < 4.78 is 28.3. The van der Waals surface area contributed by atoms with Crippen molar-refractivity contribution >= 4 is 21.6 Å². The monoisotopic (exact) mass is 420 g/mol. The van der Waals surface area contributed by atoms with Gasteiger partial charge in [-0.1, -0.05) is 48.5 Å². The molecule has 1 amide bonds. The maximum absolute atomic E-state index is 12.9. The lowest BCUT2D eigenvalue weighted by Crippen LogP contribution is -2.31. The minimum Gasteiger partial charge on any atom is -0.345 e. The molecule has 1 aliphatic carbocycles. The fraction of sp³-hybridized carbons (Fsp3) is 0.208. The van der Waals surface area contributed by atoms with Crippen LogP contribution in [0, 0.1) is 6.92 Å². The molecule has 0 unspecified atom stereocenters. The van der Waals surface area contributed by atoms with Crippen LogP contribution in [0.5, 0.6) is 0 Å². The van der Waals surface area contributed by atoms with Crippen molar-refractivity contribution in [1.82, 2.24) is 5.32 Å². The van der Waals surface area contributed by atoms with Crippen molar-refractivity contribution in [3.05, 3.63) is 95.1 Å². The van der Waals surface area contributed by atoms with Crippen LogP contribution in [0.3, 0.4) is 0 Å². The summed E-state index contributed by atoms with van der Waals surface area (Å²) in [5.41, 5.74) is 4.07. The summed E-state index contributed by atoms with van der Waals surface area (Å²) in [4.78, 5) is 12.9. The van der Waals surface area contributed by atoms with Gasteiger partial charge in [-0.2, -0.15) is 0 Å². The molecule has 4 rings (SSSR count). The Morgan fingerprint density at radius 3 is 2.57 bits per heavy atom. The van der Waals surface area contributed by atoms with E-state index in [4.69, 9.17) is 0 Å². The Balaban J connectivity index is 1.55. The number of fused-ring (bicyclic) bond motifs is 1. The third-order valence-electron chi connectivity index (χ3n) is 5.47. The first-order chi connectivity index (χ1) is 14.4. The number of hydrogen-bond donors (Lipinski definition) is 2. The zero-order valence-corrected chi connectivity index (χ0v) is 17.6. The number of carbonyl (C=O) groups excluding carboxylic acids is 1. The van der Waals surface area contributed by atoms with Gasteiger partial charge in [0.2, 0.25) is 0 Å². The first-order valence-corrected chi connectivity index (χ1v) is 11.5. The molecule has 154 valence electrons. The molecule has 3 aromatic rings. The van der Waals surface area contributed by atoms with Crippen molar-refractivity contribution in [2.24, 2.45) is 0 Å². The highest BCUT2D eigenvalue weighted by molar-refractivity contribution is 7.92. The molecular formula is C24H24N2O3S. The van der Waals surface area contributed by atoms with Crippen LogP contribution in [-0.4, -0.2) is 14.3 Å². The number of benzene rings is 3. The van der Waals surface area contributed by atoms with Crippen LogP contribution in [0.15, 0.2) is 77.7 Å². The second kappa shape index (κ2) is 8.32. The predicted molar refractivity (Wildman–Crippen MR) is 118 cm³/mol. The first kappa shape index (κ1) is 20.2. The van der Waals surface area contributed by atoms with Gasteiger partial charge in [-0.25, -0.2) is 8.42 Å². The van der Waals surface area contributed by atoms with E-state index in [-0.39, 0.29) is 16.8 Å². The van der Waals surface area contributed by atoms with E-state index < -0.39 is 10.0 Å². The van der Waals surface area contributed by atoms with E-state index in [2.05, 4.69) is 16.1 Å². The van der Waals surface area contributed by atoms with Crippen molar-refractivity contribution < 1.29 is 13.2 Å². The summed E-state index contributed by atoms with van der Waals surface area (Å²) in [6.07, 6.45) is 2.90. The molecule has 0 radical (unpaired) electrons. The van der Waals surface area contributed by atoms with Gasteiger partial charge in [-0.15, -0.1) is 0 Å². The Morgan fingerprint density at radius 1 is 0.967 bits per heavy atom. The molecule has 2 N–H and O–H groups in total. The normalized spacial score (nSPS) is 15.8. The van der Waals surface area contributed by atoms with Crippen molar-refractivity contribution in [3.8, 4) is 0 Å². The quantitative estimate of drug-likeness (QED) is 0.633. The van der Waals surface area contributed by atoms with Gasteiger partial charge >= 0.3 is 0 Å². The SMILES string of the molecule is Cc1ccccc1NS(=O)(=O)c1cccc(C(=O)N[C@H]2CCCc3ccccc32)c1. The van der Waals surface area contributed by atoms with Gasteiger partial charge in [0.05, 0.1) is 16.6 Å². The second-order valence-electron chi connectivity index (χ2n) is 7.57. The minimum absolute atomic E-state index is 0.0578. The van der Waals surface area contributed by atoms with Gasteiger partial charge in [0.1, 0.15) is 0 Å². The number of rotatable bonds is 5. The fourth-order valence-electron chi connectivity index (χ4n) is 3.84. The Morgan fingerprint density at radius 2 is 1.73 bits per heavy atom. The van der Waals surface area contributed by atoms with E-state index in [1.54, 1.807) is 24.3 Å². The smallest absolute Gasteiger partial charge is 0.261 e. The lowest BCUT2D eigenvalue weighted by molar-refractivity contribution is 0.0932. The number of sulfonamides is 1. The van der Waals surface area contributed by atoms with E-state index in [1.165, 1.54) is 17.7 Å². The van der Waals surface area contributed by atoms with E-state index in [0.29, 0.717) is 11.3 Å². The predicted octanol–water partition coefficient (Wildman–Crippen LogP) is 4.60. The van der Waals surface area contributed by atoms with Crippen LogP contribution in [0.25, 0.3) is 0 Å². The van der Waals surface area contributed by atoms with Crippen molar-refractivity contribution in [1.29, 1.82) is 0 Å². The van der Waals surface area contributed by atoms with Gasteiger partial charge in [0.15, 0.2) is 0 Å². The van der Waals surface area contributed by atoms with Gasteiger partial charge < -0.3 is 5.32 Å². The Hall–Kier alpha value is -3.12. The molecule has 0 bridgehead atoms. The van der Waals surface area contributed by atoms with Crippen LogP contribution in [-0.2, 0) is 16.4 Å². The zero-order valence-electron chi connectivity index (χ0n) is 16.8. The molecule has 1 aliphatic rings.